The van der Waals surface area contributed by atoms with Crippen molar-refractivity contribution < 1.29 is 9.53 Å². The fourth-order valence-electron chi connectivity index (χ4n) is 2.66. The Kier molecular flexibility index (Phi) is 4.97. The average molecular weight is 326 g/mol. The van der Waals surface area contributed by atoms with Crippen LogP contribution in [0.1, 0.15) is 43.6 Å². The summed E-state index contributed by atoms with van der Waals surface area (Å²) < 4.78 is 5.45. The molecule has 6 heteroatoms. The number of aryl methyl sites for hydroxylation is 2. The van der Waals surface area contributed by atoms with Gasteiger partial charge in [0.2, 0.25) is 0 Å². The fourth-order valence-corrected chi connectivity index (χ4v) is 3.07. The normalized spacial score (nSPS) is 19.2. The lowest BCUT2D eigenvalue weighted by atomic mass is 10.0. The molecule has 1 aromatic heterocycles. The second-order valence-electron chi connectivity index (χ2n) is 6.72. The number of piperazine rings is 1. The Hall–Kier alpha value is -1.33. The minimum atomic E-state index is -0.490. The van der Waals surface area contributed by atoms with Gasteiger partial charge >= 0.3 is 6.09 Å². The van der Waals surface area contributed by atoms with Gasteiger partial charge in [0.15, 0.2) is 0 Å². The first-order valence-corrected chi connectivity index (χ1v) is 7.90. The van der Waals surface area contributed by atoms with Gasteiger partial charge < -0.3 is 15.0 Å². The SMILES string of the molecule is Cc1cc(C)c(C2CN(C(=O)OC(C)(C)C)CCN2)c(Cl)n1. The zero-order valence-corrected chi connectivity index (χ0v) is 14.6. The molecule has 1 saturated heterocycles. The molecule has 1 aliphatic heterocycles. The van der Waals surface area contributed by atoms with Gasteiger partial charge in [-0.15, -0.1) is 0 Å². The first kappa shape index (κ1) is 17.0. The van der Waals surface area contributed by atoms with Crippen molar-refractivity contribution in [3.63, 3.8) is 0 Å². The smallest absolute Gasteiger partial charge is 0.410 e. The zero-order chi connectivity index (χ0) is 16.5. The molecule has 0 spiro atoms. The Morgan fingerprint density at radius 2 is 2.14 bits per heavy atom. The highest BCUT2D eigenvalue weighted by Crippen LogP contribution is 2.28. The Morgan fingerprint density at radius 3 is 2.73 bits per heavy atom. The van der Waals surface area contributed by atoms with E-state index in [-0.39, 0.29) is 12.1 Å². The molecule has 0 bridgehead atoms. The summed E-state index contributed by atoms with van der Waals surface area (Å²) in [5, 5.41) is 3.91. The number of ether oxygens (including phenoxy) is 1. The molecule has 0 aromatic carbocycles. The molecular formula is C16H24ClN3O2. The highest BCUT2D eigenvalue weighted by atomic mass is 35.5. The van der Waals surface area contributed by atoms with Crippen molar-refractivity contribution in [3.8, 4) is 0 Å². The predicted octanol–water partition coefficient (Wildman–Crippen LogP) is 3.23. The van der Waals surface area contributed by atoms with Gasteiger partial charge in [0.05, 0.1) is 6.04 Å². The van der Waals surface area contributed by atoms with Gasteiger partial charge in [0, 0.05) is 30.9 Å². The molecule has 1 fully saturated rings. The van der Waals surface area contributed by atoms with Crippen molar-refractivity contribution in [1.82, 2.24) is 15.2 Å². The topological polar surface area (TPSA) is 54.5 Å². The minimum absolute atomic E-state index is 0.0260. The number of hydrogen-bond acceptors (Lipinski definition) is 4. The van der Waals surface area contributed by atoms with Crippen LogP contribution in [0.2, 0.25) is 5.15 Å². The number of hydrogen-bond donors (Lipinski definition) is 1. The maximum Gasteiger partial charge on any atom is 0.410 e. The van der Waals surface area contributed by atoms with Gasteiger partial charge in [0.1, 0.15) is 10.8 Å². The van der Waals surface area contributed by atoms with Crippen LogP contribution in [0.25, 0.3) is 0 Å². The first-order chi connectivity index (χ1) is 10.2. The number of nitrogens with zero attached hydrogens (tertiary/aromatic N) is 2. The van der Waals surface area contributed by atoms with Gasteiger partial charge in [-0.05, 0) is 46.2 Å². The van der Waals surface area contributed by atoms with Crippen molar-refractivity contribution in [3.05, 3.63) is 28.0 Å². The fraction of sp³-hybridized carbons (Fsp3) is 0.625. The lowest BCUT2D eigenvalue weighted by Crippen LogP contribution is -2.50. The van der Waals surface area contributed by atoms with E-state index in [4.69, 9.17) is 16.3 Å². The van der Waals surface area contributed by atoms with Crippen LogP contribution in [0.5, 0.6) is 0 Å². The van der Waals surface area contributed by atoms with E-state index in [0.717, 1.165) is 16.8 Å². The molecule has 1 aliphatic rings. The van der Waals surface area contributed by atoms with E-state index in [0.29, 0.717) is 24.8 Å². The molecule has 1 amide bonds. The summed E-state index contributed by atoms with van der Waals surface area (Å²) in [7, 11) is 0. The summed E-state index contributed by atoms with van der Waals surface area (Å²) in [4.78, 5) is 18.3. The van der Waals surface area contributed by atoms with Crippen LogP contribution in [0.3, 0.4) is 0 Å². The number of halogens is 1. The van der Waals surface area contributed by atoms with Crippen LogP contribution in [0.15, 0.2) is 6.07 Å². The first-order valence-electron chi connectivity index (χ1n) is 7.52. The zero-order valence-electron chi connectivity index (χ0n) is 13.9. The molecule has 1 aromatic rings. The van der Waals surface area contributed by atoms with Crippen LogP contribution in [-0.4, -0.2) is 41.2 Å². The summed E-state index contributed by atoms with van der Waals surface area (Å²) in [6, 6.07) is 1.98. The third-order valence-electron chi connectivity index (χ3n) is 3.52. The molecule has 0 radical (unpaired) electrons. The molecular weight excluding hydrogens is 302 g/mol. The Labute approximate surface area is 137 Å². The molecule has 1 unspecified atom stereocenters. The molecule has 5 nitrogen and oxygen atoms in total. The van der Waals surface area contributed by atoms with E-state index in [1.54, 1.807) is 4.90 Å². The quantitative estimate of drug-likeness (QED) is 0.805. The van der Waals surface area contributed by atoms with Crippen molar-refractivity contribution in [2.24, 2.45) is 0 Å². The third kappa shape index (κ3) is 4.11. The van der Waals surface area contributed by atoms with Crippen LogP contribution in [-0.2, 0) is 4.74 Å². The lowest BCUT2D eigenvalue weighted by Gasteiger charge is -2.35. The van der Waals surface area contributed by atoms with Crippen LogP contribution in [0.4, 0.5) is 4.79 Å². The summed E-state index contributed by atoms with van der Waals surface area (Å²) in [6.45, 7) is 11.4. The van der Waals surface area contributed by atoms with Gasteiger partial charge in [-0.1, -0.05) is 11.6 Å². The number of carbonyl (C=O) groups is 1. The Morgan fingerprint density at radius 1 is 1.45 bits per heavy atom. The van der Waals surface area contributed by atoms with E-state index >= 15 is 0 Å². The lowest BCUT2D eigenvalue weighted by molar-refractivity contribution is 0.0194. The van der Waals surface area contributed by atoms with E-state index in [1.807, 2.05) is 40.7 Å². The maximum absolute atomic E-state index is 12.2. The molecule has 0 saturated carbocycles. The highest BCUT2D eigenvalue weighted by molar-refractivity contribution is 6.30. The number of carbonyl (C=O) groups excluding carboxylic acids is 1. The van der Waals surface area contributed by atoms with Crippen molar-refractivity contribution >= 4 is 17.7 Å². The standard InChI is InChI=1S/C16H24ClN3O2/c1-10-8-11(2)19-14(17)13(10)12-9-20(7-6-18-12)15(21)22-16(3,4)5/h8,12,18H,6-7,9H2,1-5H3. The van der Waals surface area contributed by atoms with E-state index in [2.05, 4.69) is 10.3 Å². The van der Waals surface area contributed by atoms with Crippen molar-refractivity contribution in [1.29, 1.82) is 0 Å². The maximum atomic E-state index is 12.2. The average Bonchev–Trinajstić information content (AvgIpc) is 2.35. The van der Waals surface area contributed by atoms with Gasteiger partial charge in [-0.25, -0.2) is 9.78 Å². The predicted molar refractivity (Wildman–Crippen MR) is 87.3 cm³/mol. The van der Waals surface area contributed by atoms with Gasteiger partial charge in [-0.3, -0.25) is 0 Å². The van der Waals surface area contributed by atoms with Crippen LogP contribution in [0, 0.1) is 13.8 Å². The van der Waals surface area contributed by atoms with Gasteiger partial charge in [0.25, 0.3) is 0 Å². The molecule has 1 N–H and O–H groups in total. The molecule has 0 aliphatic carbocycles. The number of amides is 1. The second-order valence-corrected chi connectivity index (χ2v) is 7.08. The van der Waals surface area contributed by atoms with Gasteiger partial charge in [-0.2, -0.15) is 0 Å². The van der Waals surface area contributed by atoms with E-state index in [9.17, 15) is 4.79 Å². The van der Waals surface area contributed by atoms with Crippen LogP contribution >= 0.6 is 11.6 Å². The summed E-state index contributed by atoms with van der Waals surface area (Å²) in [5.41, 5.74) is 2.45. The number of pyridine rings is 1. The summed E-state index contributed by atoms with van der Waals surface area (Å²) >= 11 is 6.32. The van der Waals surface area contributed by atoms with E-state index < -0.39 is 5.60 Å². The number of nitrogens with one attached hydrogen (secondary N) is 1. The molecule has 122 valence electrons. The third-order valence-corrected chi connectivity index (χ3v) is 3.81. The molecule has 2 rings (SSSR count). The monoisotopic (exact) mass is 325 g/mol. The number of rotatable bonds is 1. The Balaban J connectivity index is 2.16. The largest absolute Gasteiger partial charge is 0.444 e. The van der Waals surface area contributed by atoms with Crippen molar-refractivity contribution in [2.75, 3.05) is 19.6 Å². The Bertz CT molecular complexity index is 546. The summed E-state index contributed by atoms with van der Waals surface area (Å²) in [5.74, 6) is 0. The van der Waals surface area contributed by atoms with E-state index in [1.165, 1.54) is 0 Å². The van der Waals surface area contributed by atoms with Crippen molar-refractivity contribution in [2.45, 2.75) is 46.3 Å². The molecule has 22 heavy (non-hydrogen) atoms. The number of aromatic nitrogens is 1. The highest BCUT2D eigenvalue weighted by Gasteiger charge is 2.30. The molecule has 2 heterocycles. The minimum Gasteiger partial charge on any atom is -0.444 e. The molecule has 1 atom stereocenters. The second kappa shape index (κ2) is 6.42. The van der Waals surface area contributed by atoms with Crippen LogP contribution < -0.4 is 5.32 Å². The summed E-state index contributed by atoms with van der Waals surface area (Å²) in [6.07, 6.45) is -0.284.